The molecule has 4 unspecified atom stereocenters. The molecule has 4 heteroatoms. The zero-order valence-corrected chi connectivity index (χ0v) is 8.00. The van der Waals surface area contributed by atoms with E-state index in [-0.39, 0.29) is 24.7 Å². The molecule has 0 aromatic carbocycles. The van der Waals surface area contributed by atoms with E-state index >= 15 is 0 Å². The smallest absolute Gasteiger partial charge is 0.160 e. The first-order valence-electron chi connectivity index (χ1n) is 5.05. The fourth-order valence-electron chi connectivity index (χ4n) is 1.98. The van der Waals surface area contributed by atoms with Gasteiger partial charge < -0.3 is 19.7 Å². The third-order valence-electron chi connectivity index (χ3n) is 2.73. The summed E-state index contributed by atoms with van der Waals surface area (Å²) in [4.78, 5) is 0. The van der Waals surface area contributed by atoms with Crippen molar-refractivity contribution in [1.29, 1.82) is 0 Å². The van der Waals surface area contributed by atoms with Gasteiger partial charge in [-0.05, 0) is 12.8 Å². The molecule has 0 aliphatic carbocycles. The number of ether oxygens (including phenoxy) is 2. The average molecular weight is 200 g/mol. The molecule has 0 saturated carbocycles. The first-order chi connectivity index (χ1) is 6.81. The summed E-state index contributed by atoms with van der Waals surface area (Å²) in [5.41, 5.74) is 0. The van der Waals surface area contributed by atoms with Gasteiger partial charge in [0.1, 0.15) is 0 Å². The number of aliphatic hydroxyl groups excluding tert-OH is 2. The molecule has 0 spiro atoms. The van der Waals surface area contributed by atoms with Crippen LogP contribution in [0.25, 0.3) is 0 Å². The molecule has 4 atom stereocenters. The Bertz CT molecular complexity index is 216. The second-order valence-corrected chi connectivity index (χ2v) is 3.76. The largest absolute Gasteiger partial charge is 0.396 e. The molecule has 1 saturated heterocycles. The third-order valence-corrected chi connectivity index (χ3v) is 2.73. The summed E-state index contributed by atoms with van der Waals surface area (Å²) >= 11 is 0. The minimum Gasteiger partial charge on any atom is -0.396 e. The van der Waals surface area contributed by atoms with Crippen LogP contribution in [0.2, 0.25) is 0 Å². The molecule has 4 nitrogen and oxygen atoms in total. The van der Waals surface area contributed by atoms with Crippen molar-refractivity contribution in [2.24, 2.45) is 5.92 Å². The van der Waals surface area contributed by atoms with E-state index in [9.17, 15) is 5.11 Å². The van der Waals surface area contributed by atoms with Crippen molar-refractivity contribution in [3.63, 3.8) is 0 Å². The van der Waals surface area contributed by atoms with Crippen LogP contribution in [0.1, 0.15) is 12.8 Å². The first-order valence-corrected chi connectivity index (χ1v) is 5.05. The van der Waals surface area contributed by atoms with E-state index in [1.807, 2.05) is 12.2 Å². The summed E-state index contributed by atoms with van der Waals surface area (Å²) in [6.07, 6.45) is 4.83. The van der Waals surface area contributed by atoms with Crippen molar-refractivity contribution in [1.82, 2.24) is 0 Å². The van der Waals surface area contributed by atoms with E-state index in [2.05, 4.69) is 0 Å². The van der Waals surface area contributed by atoms with Crippen molar-refractivity contribution < 1.29 is 19.7 Å². The zero-order chi connectivity index (χ0) is 9.97. The van der Waals surface area contributed by atoms with Gasteiger partial charge in [0.05, 0.1) is 18.8 Å². The predicted octanol–water partition coefficient (Wildman–Crippen LogP) is 0.0473. The van der Waals surface area contributed by atoms with Crippen LogP contribution in [0.4, 0.5) is 0 Å². The summed E-state index contributed by atoms with van der Waals surface area (Å²) in [7, 11) is 0. The monoisotopic (exact) mass is 200 g/mol. The molecule has 2 aliphatic heterocycles. The lowest BCUT2D eigenvalue weighted by molar-refractivity contribution is -0.142. The molecule has 0 radical (unpaired) electrons. The highest BCUT2D eigenvalue weighted by molar-refractivity contribution is 5.11. The van der Waals surface area contributed by atoms with Gasteiger partial charge in [0, 0.05) is 12.5 Å². The van der Waals surface area contributed by atoms with E-state index in [1.165, 1.54) is 0 Å². The van der Waals surface area contributed by atoms with Gasteiger partial charge in [-0.1, -0.05) is 12.2 Å². The fraction of sp³-hybridized carbons (Fsp3) is 0.800. The van der Waals surface area contributed by atoms with E-state index in [0.717, 1.165) is 6.42 Å². The Morgan fingerprint density at radius 1 is 1.50 bits per heavy atom. The summed E-state index contributed by atoms with van der Waals surface area (Å²) in [5, 5.41) is 18.2. The zero-order valence-electron chi connectivity index (χ0n) is 8.00. The van der Waals surface area contributed by atoms with Crippen LogP contribution < -0.4 is 0 Å². The summed E-state index contributed by atoms with van der Waals surface area (Å²) < 4.78 is 10.7. The highest BCUT2D eigenvalue weighted by atomic mass is 16.6. The topological polar surface area (TPSA) is 58.9 Å². The van der Waals surface area contributed by atoms with Crippen LogP contribution >= 0.6 is 0 Å². The maximum Gasteiger partial charge on any atom is 0.160 e. The molecular weight excluding hydrogens is 184 g/mol. The standard InChI is InChI=1S/C10H16O4/c11-4-1-5-13-10(12)8-6-7-2-3-9(8)14-7/h2-3,7-12H,1,4-6H2. The molecule has 2 bridgehead atoms. The number of aliphatic hydroxyl groups is 2. The Labute approximate surface area is 83.1 Å². The quantitative estimate of drug-likeness (QED) is 0.374. The summed E-state index contributed by atoms with van der Waals surface area (Å²) in [6, 6.07) is 0. The van der Waals surface area contributed by atoms with Gasteiger partial charge in [0.15, 0.2) is 6.29 Å². The summed E-state index contributed by atoms with van der Waals surface area (Å²) in [6.45, 7) is 0.495. The lowest BCUT2D eigenvalue weighted by Gasteiger charge is -2.21. The van der Waals surface area contributed by atoms with Crippen molar-refractivity contribution in [2.45, 2.75) is 31.3 Å². The second kappa shape index (κ2) is 4.40. The maximum absolute atomic E-state index is 9.68. The van der Waals surface area contributed by atoms with E-state index < -0.39 is 6.29 Å². The van der Waals surface area contributed by atoms with E-state index in [1.54, 1.807) is 0 Å². The van der Waals surface area contributed by atoms with Crippen molar-refractivity contribution in [3.05, 3.63) is 12.2 Å². The molecular formula is C10H16O4. The van der Waals surface area contributed by atoms with Crippen LogP contribution in [-0.4, -0.2) is 41.9 Å². The van der Waals surface area contributed by atoms with Gasteiger partial charge in [-0.3, -0.25) is 0 Å². The Morgan fingerprint density at radius 2 is 2.36 bits per heavy atom. The van der Waals surface area contributed by atoms with Crippen LogP contribution in [0.15, 0.2) is 12.2 Å². The molecule has 0 amide bonds. The molecule has 2 rings (SSSR count). The van der Waals surface area contributed by atoms with Crippen LogP contribution in [0.5, 0.6) is 0 Å². The highest BCUT2D eigenvalue weighted by Gasteiger charge is 2.41. The van der Waals surface area contributed by atoms with Crippen LogP contribution in [0.3, 0.4) is 0 Å². The Hall–Kier alpha value is -0.420. The van der Waals surface area contributed by atoms with Crippen molar-refractivity contribution in [3.8, 4) is 0 Å². The average Bonchev–Trinajstić information content (AvgIpc) is 2.79. The lowest BCUT2D eigenvalue weighted by Crippen LogP contribution is -2.30. The molecule has 1 fully saturated rings. The van der Waals surface area contributed by atoms with Gasteiger partial charge in [0.2, 0.25) is 0 Å². The molecule has 2 N–H and O–H groups in total. The van der Waals surface area contributed by atoms with Gasteiger partial charge in [-0.2, -0.15) is 0 Å². The number of fused-ring (bicyclic) bond motifs is 2. The second-order valence-electron chi connectivity index (χ2n) is 3.76. The van der Waals surface area contributed by atoms with Gasteiger partial charge in [-0.15, -0.1) is 0 Å². The molecule has 2 aliphatic rings. The minimum absolute atomic E-state index is 0.0177. The normalized spacial score (nSPS) is 36.6. The number of rotatable bonds is 5. The van der Waals surface area contributed by atoms with E-state index in [0.29, 0.717) is 13.0 Å². The Kier molecular flexibility index (Phi) is 3.18. The van der Waals surface area contributed by atoms with Crippen LogP contribution in [0, 0.1) is 5.92 Å². The third kappa shape index (κ3) is 1.98. The molecule has 14 heavy (non-hydrogen) atoms. The van der Waals surface area contributed by atoms with Gasteiger partial charge >= 0.3 is 0 Å². The molecule has 80 valence electrons. The predicted molar refractivity (Wildman–Crippen MR) is 49.6 cm³/mol. The summed E-state index contributed by atoms with van der Waals surface area (Å²) in [5.74, 6) is 0.0590. The van der Waals surface area contributed by atoms with E-state index in [4.69, 9.17) is 14.6 Å². The molecule has 0 aromatic heterocycles. The Balaban J connectivity index is 1.75. The highest BCUT2D eigenvalue weighted by Crippen LogP contribution is 2.35. The minimum atomic E-state index is -0.763. The van der Waals surface area contributed by atoms with Gasteiger partial charge in [0.25, 0.3) is 0 Å². The number of hydrogen-bond acceptors (Lipinski definition) is 4. The van der Waals surface area contributed by atoms with Crippen molar-refractivity contribution in [2.75, 3.05) is 13.2 Å². The maximum atomic E-state index is 9.68. The lowest BCUT2D eigenvalue weighted by atomic mass is 9.94. The first kappa shape index (κ1) is 10.1. The van der Waals surface area contributed by atoms with Gasteiger partial charge in [-0.25, -0.2) is 0 Å². The number of hydrogen-bond donors (Lipinski definition) is 2. The van der Waals surface area contributed by atoms with Crippen LogP contribution in [-0.2, 0) is 9.47 Å². The van der Waals surface area contributed by atoms with Crippen molar-refractivity contribution >= 4 is 0 Å². The molecule has 0 aromatic rings. The Morgan fingerprint density at radius 3 is 2.93 bits per heavy atom. The fourth-order valence-corrected chi connectivity index (χ4v) is 1.98. The molecule has 2 heterocycles. The SMILES string of the molecule is OCCCOC(O)C1CC2C=CC1O2.